The molecule has 1 aliphatic carbocycles. The van der Waals surface area contributed by atoms with E-state index in [2.05, 4.69) is 29.4 Å². The maximum Gasteiger partial charge on any atom is 0.306 e. The van der Waals surface area contributed by atoms with Crippen molar-refractivity contribution in [1.82, 2.24) is 10.2 Å². The van der Waals surface area contributed by atoms with Crippen molar-refractivity contribution >= 4 is 28.3 Å². The van der Waals surface area contributed by atoms with Gasteiger partial charge in [-0.3, -0.25) is 9.59 Å². The van der Waals surface area contributed by atoms with E-state index in [1.54, 1.807) is 0 Å². The van der Waals surface area contributed by atoms with Crippen LogP contribution in [0.5, 0.6) is 0 Å². The van der Waals surface area contributed by atoms with E-state index in [1.807, 2.05) is 0 Å². The maximum atomic E-state index is 12.2. The van der Waals surface area contributed by atoms with E-state index in [9.17, 15) is 9.59 Å². The van der Waals surface area contributed by atoms with E-state index in [0.29, 0.717) is 23.9 Å². The molecule has 116 valence electrons. The third-order valence-corrected chi connectivity index (χ3v) is 4.54. The van der Waals surface area contributed by atoms with E-state index < -0.39 is 11.9 Å². The molecule has 0 saturated heterocycles. The quantitative estimate of drug-likeness (QED) is 0.872. The lowest BCUT2D eigenvalue weighted by Gasteiger charge is -2.25. The number of carboxylic acid groups (broad SMARTS) is 1. The molecule has 1 fully saturated rings. The second kappa shape index (κ2) is 6.98. The smallest absolute Gasteiger partial charge is 0.306 e. The highest BCUT2D eigenvalue weighted by molar-refractivity contribution is 7.15. The second-order valence-electron chi connectivity index (χ2n) is 5.99. The fourth-order valence-electron chi connectivity index (χ4n) is 2.60. The van der Waals surface area contributed by atoms with Gasteiger partial charge in [-0.25, -0.2) is 0 Å². The lowest BCUT2D eigenvalue weighted by Crippen LogP contribution is -2.30. The Kier molecular flexibility index (Phi) is 5.27. The molecule has 21 heavy (non-hydrogen) atoms. The number of hydrogen-bond donors (Lipinski definition) is 2. The minimum absolute atomic E-state index is 0.131. The van der Waals surface area contributed by atoms with Gasteiger partial charge in [-0.2, -0.15) is 0 Å². The van der Waals surface area contributed by atoms with Crippen LogP contribution in [0.25, 0.3) is 0 Å². The van der Waals surface area contributed by atoms with Crippen molar-refractivity contribution in [3.05, 3.63) is 5.01 Å². The van der Waals surface area contributed by atoms with E-state index in [-0.39, 0.29) is 11.8 Å². The molecule has 2 N–H and O–H groups in total. The highest BCUT2D eigenvalue weighted by Crippen LogP contribution is 2.30. The number of amides is 1. The number of anilines is 1. The summed E-state index contributed by atoms with van der Waals surface area (Å²) in [6.45, 7) is 4.21. The fourth-order valence-corrected chi connectivity index (χ4v) is 3.55. The molecule has 0 bridgehead atoms. The molecule has 1 aromatic heterocycles. The number of carbonyl (C=O) groups is 2. The highest BCUT2D eigenvalue weighted by Gasteiger charge is 2.31. The van der Waals surface area contributed by atoms with Crippen LogP contribution in [0, 0.1) is 17.8 Å². The monoisotopic (exact) mass is 311 g/mol. The van der Waals surface area contributed by atoms with Crippen molar-refractivity contribution in [2.24, 2.45) is 17.8 Å². The van der Waals surface area contributed by atoms with Crippen LogP contribution in [0.2, 0.25) is 0 Å². The largest absolute Gasteiger partial charge is 0.481 e. The van der Waals surface area contributed by atoms with E-state index >= 15 is 0 Å². The van der Waals surface area contributed by atoms with Crippen LogP contribution in [0.15, 0.2) is 0 Å². The van der Waals surface area contributed by atoms with Gasteiger partial charge in [-0.15, -0.1) is 10.2 Å². The Morgan fingerprint density at radius 3 is 2.71 bits per heavy atom. The van der Waals surface area contributed by atoms with Crippen LogP contribution in [0.1, 0.15) is 44.5 Å². The van der Waals surface area contributed by atoms with Gasteiger partial charge in [0.05, 0.1) is 5.92 Å². The molecule has 1 aliphatic rings. The third kappa shape index (κ3) is 4.49. The fraction of sp³-hybridized carbons (Fsp3) is 0.714. The molecule has 0 radical (unpaired) electrons. The first-order chi connectivity index (χ1) is 9.95. The van der Waals surface area contributed by atoms with Crippen molar-refractivity contribution in [1.29, 1.82) is 0 Å². The summed E-state index contributed by atoms with van der Waals surface area (Å²) in [5.41, 5.74) is 0. The van der Waals surface area contributed by atoms with E-state index in [0.717, 1.165) is 24.3 Å². The molecule has 2 atom stereocenters. The average molecular weight is 311 g/mol. The molecule has 1 amide bonds. The molecule has 0 spiro atoms. The molecule has 7 heteroatoms. The number of hydrogen-bond acceptors (Lipinski definition) is 5. The summed E-state index contributed by atoms with van der Waals surface area (Å²) < 4.78 is 0. The van der Waals surface area contributed by atoms with Gasteiger partial charge in [0.25, 0.3) is 0 Å². The molecule has 1 saturated carbocycles. The van der Waals surface area contributed by atoms with Crippen LogP contribution in [-0.2, 0) is 16.0 Å². The molecule has 1 heterocycles. The molecular weight excluding hydrogens is 290 g/mol. The summed E-state index contributed by atoms with van der Waals surface area (Å²) in [5.74, 6) is -1.08. The molecule has 2 unspecified atom stereocenters. The number of carbonyl (C=O) groups excluding carboxylic acids is 1. The average Bonchev–Trinajstić information content (AvgIpc) is 2.85. The Morgan fingerprint density at radius 2 is 2.05 bits per heavy atom. The number of nitrogens with zero attached hydrogens (tertiary/aromatic N) is 2. The van der Waals surface area contributed by atoms with Crippen LogP contribution in [-0.4, -0.2) is 27.2 Å². The standard InChI is InChI=1S/C14H21N3O3S/c1-8(2)6-11-16-17-14(21-11)15-12(18)9-4-3-5-10(7-9)13(19)20/h8-10H,3-7H2,1-2H3,(H,19,20)(H,15,17,18). The van der Waals surface area contributed by atoms with Crippen LogP contribution in [0.4, 0.5) is 5.13 Å². The Bertz CT molecular complexity index is 515. The lowest BCUT2D eigenvalue weighted by atomic mass is 9.81. The zero-order valence-corrected chi connectivity index (χ0v) is 13.2. The summed E-state index contributed by atoms with van der Waals surface area (Å²) in [5, 5.41) is 21.3. The van der Waals surface area contributed by atoms with Gasteiger partial charge in [0.15, 0.2) is 0 Å². The molecule has 0 aromatic carbocycles. The van der Waals surface area contributed by atoms with Crippen molar-refractivity contribution in [2.45, 2.75) is 46.0 Å². The summed E-state index contributed by atoms with van der Waals surface area (Å²) in [6.07, 6.45) is 3.45. The Hall–Kier alpha value is -1.50. The molecule has 1 aromatic rings. The first kappa shape index (κ1) is 15.9. The van der Waals surface area contributed by atoms with Gasteiger partial charge in [0.2, 0.25) is 11.0 Å². The number of carboxylic acids is 1. The second-order valence-corrected chi connectivity index (χ2v) is 7.05. The minimum atomic E-state index is -0.803. The van der Waals surface area contributed by atoms with Gasteiger partial charge in [-0.1, -0.05) is 31.6 Å². The predicted octanol–water partition coefficient (Wildman–Crippen LogP) is 2.57. The van der Waals surface area contributed by atoms with Gasteiger partial charge in [0, 0.05) is 12.3 Å². The van der Waals surface area contributed by atoms with Gasteiger partial charge >= 0.3 is 5.97 Å². The van der Waals surface area contributed by atoms with Crippen molar-refractivity contribution in [3.63, 3.8) is 0 Å². The zero-order chi connectivity index (χ0) is 15.4. The SMILES string of the molecule is CC(C)Cc1nnc(NC(=O)C2CCCC(C(=O)O)C2)s1. The van der Waals surface area contributed by atoms with Gasteiger partial charge < -0.3 is 10.4 Å². The Labute approximate surface area is 128 Å². The first-order valence-corrected chi connectivity index (χ1v) is 8.13. The maximum absolute atomic E-state index is 12.2. The van der Waals surface area contributed by atoms with Crippen molar-refractivity contribution in [2.75, 3.05) is 5.32 Å². The van der Waals surface area contributed by atoms with E-state index in [4.69, 9.17) is 5.11 Å². The normalized spacial score (nSPS) is 22.2. The van der Waals surface area contributed by atoms with Gasteiger partial charge in [-0.05, 0) is 25.2 Å². The zero-order valence-electron chi connectivity index (χ0n) is 12.3. The Morgan fingerprint density at radius 1 is 1.33 bits per heavy atom. The minimum Gasteiger partial charge on any atom is -0.481 e. The first-order valence-electron chi connectivity index (χ1n) is 7.31. The number of aliphatic carboxylic acids is 1. The molecular formula is C14H21N3O3S. The van der Waals surface area contributed by atoms with Crippen LogP contribution in [0.3, 0.4) is 0 Å². The number of rotatable bonds is 5. The van der Waals surface area contributed by atoms with Gasteiger partial charge in [0.1, 0.15) is 5.01 Å². The summed E-state index contributed by atoms with van der Waals surface area (Å²) in [4.78, 5) is 23.2. The van der Waals surface area contributed by atoms with Crippen LogP contribution < -0.4 is 5.32 Å². The summed E-state index contributed by atoms with van der Waals surface area (Å²) in [7, 11) is 0. The molecule has 0 aliphatic heterocycles. The van der Waals surface area contributed by atoms with Crippen molar-refractivity contribution < 1.29 is 14.7 Å². The molecule has 6 nitrogen and oxygen atoms in total. The third-order valence-electron chi connectivity index (χ3n) is 3.67. The molecule has 2 rings (SSSR count). The lowest BCUT2D eigenvalue weighted by molar-refractivity contribution is -0.143. The van der Waals surface area contributed by atoms with E-state index in [1.165, 1.54) is 11.3 Å². The highest BCUT2D eigenvalue weighted by atomic mass is 32.1. The topological polar surface area (TPSA) is 92.2 Å². The summed E-state index contributed by atoms with van der Waals surface area (Å²) >= 11 is 1.39. The van der Waals surface area contributed by atoms with Crippen LogP contribution >= 0.6 is 11.3 Å². The summed E-state index contributed by atoms with van der Waals surface area (Å²) in [6, 6.07) is 0. The Balaban J connectivity index is 1.91. The van der Waals surface area contributed by atoms with Crippen molar-refractivity contribution in [3.8, 4) is 0 Å². The number of nitrogens with one attached hydrogen (secondary N) is 1. The predicted molar refractivity (Wildman–Crippen MR) is 80.2 cm³/mol. The number of aromatic nitrogens is 2.